The van der Waals surface area contributed by atoms with Crippen molar-refractivity contribution in [2.24, 2.45) is 5.92 Å². The van der Waals surface area contributed by atoms with Gasteiger partial charge in [-0.2, -0.15) is 0 Å². The minimum absolute atomic E-state index is 0.362. The topological polar surface area (TPSA) is 0 Å². The summed E-state index contributed by atoms with van der Waals surface area (Å²) in [5.41, 5.74) is 3.24. The van der Waals surface area contributed by atoms with Crippen LogP contribution in [0, 0.1) is 5.92 Å². The van der Waals surface area contributed by atoms with E-state index in [1.54, 1.807) is 24.6 Å². The number of rotatable bonds is 5. The Morgan fingerprint density at radius 2 is 1.43 bits per heavy atom. The molecule has 1 heterocycles. The maximum Gasteiger partial charge on any atom is 0.0450 e. The van der Waals surface area contributed by atoms with E-state index < -0.39 is 16.1 Å². The maximum atomic E-state index is 3.10. The van der Waals surface area contributed by atoms with Crippen LogP contribution in [-0.4, -0.2) is 32.8 Å². The highest BCUT2D eigenvalue weighted by Crippen LogP contribution is 2.55. The predicted molar refractivity (Wildman–Crippen MR) is 113 cm³/mol. The molecular weight excluding hydrogens is 322 g/mol. The van der Waals surface area contributed by atoms with Gasteiger partial charge >= 0.3 is 0 Å². The molecule has 0 saturated carbocycles. The zero-order valence-corrected chi connectivity index (χ0v) is 19.9. The van der Waals surface area contributed by atoms with Gasteiger partial charge in [-0.3, -0.25) is 0 Å². The third-order valence-corrected chi connectivity index (χ3v) is 17.6. The summed E-state index contributed by atoms with van der Waals surface area (Å²) in [4.78, 5) is 0. The molecule has 1 aliphatic rings. The third-order valence-electron chi connectivity index (χ3n) is 5.51. The Bertz CT molecular complexity index is 452. The Balaban J connectivity index is 3.43. The fourth-order valence-corrected chi connectivity index (χ4v) is 22.0. The first kappa shape index (κ1) is 19.8. The largest absolute Gasteiger partial charge is 0.137 e. The first-order valence-corrected chi connectivity index (χ1v) is 17.1. The van der Waals surface area contributed by atoms with Gasteiger partial charge in [0.05, 0.1) is 0 Å². The second-order valence-electron chi connectivity index (χ2n) is 9.15. The summed E-state index contributed by atoms with van der Waals surface area (Å²) in [7, 11) is 2.31. The molecule has 3 unspecified atom stereocenters. The van der Waals surface area contributed by atoms with E-state index in [-0.39, 0.29) is 0 Å². The van der Waals surface area contributed by atoms with E-state index in [9.17, 15) is 0 Å². The lowest BCUT2D eigenvalue weighted by Crippen LogP contribution is -2.53. The molecule has 0 spiro atoms. The predicted octanol–water partition coefficient (Wildman–Crippen LogP) is 6.31. The van der Waals surface area contributed by atoms with Crippen LogP contribution < -0.4 is 0 Å². The van der Waals surface area contributed by atoms with Gasteiger partial charge in [-0.25, -0.2) is 0 Å². The monoisotopic (exact) mass is 358 g/mol. The van der Waals surface area contributed by atoms with Crippen LogP contribution in [0.25, 0.3) is 0 Å². The van der Waals surface area contributed by atoms with E-state index in [1.165, 1.54) is 6.16 Å². The van der Waals surface area contributed by atoms with Crippen molar-refractivity contribution in [1.82, 2.24) is 0 Å². The molecule has 1 rings (SSSR count). The van der Waals surface area contributed by atoms with Crippen LogP contribution in [0.5, 0.6) is 0 Å². The number of hydrogen-bond donors (Lipinski definition) is 0. The van der Waals surface area contributed by atoms with Crippen LogP contribution in [0.1, 0.15) is 27.7 Å². The highest BCUT2D eigenvalue weighted by Gasteiger charge is 2.50. The molecule has 0 aromatic carbocycles. The normalized spacial score (nSPS) is 26.4. The fourth-order valence-electron chi connectivity index (χ4n) is 4.72. The van der Waals surface area contributed by atoms with Crippen LogP contribution in [0.15, 0.2) is 11.1 Å². The molecule has 0 fully saturated rings. The summed E-state index contributed by atoms with van der Waals surface area (Å²) in [6, 6.07) is 0. The molecule has 0 radical (unpaired) electrons. The van der Waals surface area contributed by atoms with Crippen molar-refractivity contribution in [3.05, 3.63) is 11.1 Å². The van der Waals surface area contributed by atoms with Crippen molar-refractivity contribution in [2.75, 3.05) is 6.16 Å². The standard InChI is InChI=1S/C17H36P2Si2/c1-12-13(2)17(4,19-14(12)3)15(11-18)16(20(5,6)7)21(8,9)10/h15-16H,11,18H2,1-10H3. The molecule has 0 saturated heterocycles. The fraction of sp³-hybridized carbons (Fsp3) is 0.824. The lowest BCUT2D eigenvalue weighted by molar-refractivity contribution is 0.496. The van der Waals surface area contributed by atoms with Crippen molar-refractivity contribution >= 4 is 38.9 Å². The molecule has 3 atom stereocenters. The quantitative estimate of drug-likeness (QED) is 0.399. The van der Waals surface area contributed by atoms with Gasteiger partial charge in [0, 0.05) is 21.3 Å². The Morgan fingerprint density at radius 3 is 1.67 bits per heavy atom. The minimum Gasteiger partial charge on any atom is -0.137 e. The van der Waals surface area contributed by atoms with Gasteiger partial charge in [0.1, 0.15) is 0 Å². The molecule has 0 bridgehead atoms. The van der Waals surface area contributed by atoms with Crippen molar-refractivity contribution in [1.29, 1.82) is 0 Å². The van der Waals surface area contributed by atoms with Crippen LogP contribution in [0.2, 0.25) is 44.4 Å². The average Bonchev–Trinajstić information content (AvgIpc) is 2.47. The van der Waals surface area contributed by atoms with E-state index in [2.05, 4.69) is 76.2 Å². The molecule has 21 heavy (non-hydrogen) atoms. The Kier molecular flexibility index (Phi) is 5.99. The van der Waals surface area contributed by atoms with E-state index in [1.807, 2.05) is 0 Å². The van der Waals surface area contributed by atoms with Crippen LogP contribution in [-0.2, 0) is 0 Å². The molecule has 0 aromatic heterocycles. The Morgan fingerprint density at radius 1 is 1.00 bits per heavy atom. The molecule has 0 N–H and O–H groups in total. The van der Waals surface area contributed by atoms with Gasteiger partial charge in [-0.15, -0.1) is 9.24 Å². The molecule has 122 valence electrons. The lowest BCUT2D eigenvalue weighted by Gasteiger charge is -2.49. The van der Waals surface area contributed by atoms with E-state index in [0.29, 0.717) is 5.16 Å². The third kappa shape index (κ3) is 3.82. The van der Waals surface area contributed by atoms with Crippen LogP contribution >= 0.6 is 17.4 Å². The smallest absolute Gasteiger partial charge is 0.0450 e. The second-order valence-corrected chi connectivity index (χ2v) is 22.7. The second kappa shape index (κ2) is 6.35. The zero-order chi connectivity index (χ0) is 16.8. The first-order chi connectivity index (χ1) is 9.26. The maximum absolute atomic E-state index is 3.10. The van der Waals surface area contributed by atoms with Gasteiger partial charge in [0.2, 0.25) is 0 Å². The van der Waals surface area contributed by atoms with E-state index >= 15 is 0 Å². The average molecular weight is 359 g/mol. The SMILES string of the molecule is CC1=PC(C)(C(CP)C([Si](C)(C)C)[Si](C)(C)C)C(C)=C1C. The van der Waals surface area contributed by atoms with Gasteiger partial charge in [0.15, 0.2) is 0 Å². The Labute approximate surface area is 139 Å². The lowest BCUT2D eigenvalue weighted by atomic mass is 9.86. The highest BCUT2D eigenvalue weighted by molar-refractivity contribution is 7.44. The van der Waals surface area contributed by atoms with E-state index in [4.69, 9.17) is 0 Å². The number of hydrogen-bond acceptors (Lipinski definition) is 0. The highest BCUT2D eigenvalue weighted by atomic mass is 31.1. The van der Waals surface area contributed by atoms with Crippen molar-refractivity contribution in [2.45, 2.75) is 77.3 Å². The van der Waals surface area contributed by atoms with Crippen LogP contribution in [0.3, 0.4) is 0 Å². The van der Waals surface area contributed by atoms with Crippen molar-refractivity contribution in [3.63, 3.8) is 0 Å². The van der Waals surface area contributed by atoms with Crippen molar-refractivity contribution in [3.8, 4) is 0 Å². The van der Waals surface area contributed by atoms with Crippen LogP contribution in [0.4, 0.5) is 0 Å². The van der Waals surface area contributed by atoms with Gasteiger partial charge in [-0.1, -0.05) is 53.1 Å². The summed E-state index contributed by atoms with van der Waals surface area (Å²) >= 11 is 0. The molecule has 0 aliphatic carbocycles. The molecule has 0 amide bonds. The summed E-state index contributed by atoms with van der Waals surface area (Å²) in [6.07, 6.45) is 1.25. The first-order valence-electron chi connectivity index (χ1n) is 8.21. The summed E-state index contributed by atoms with van der Waals surface area (Å²) in [6.45, 7) is 25.2. The molecular formula is C17H36P2Si2. The summed E-state index contributed by atoms with van der Waals surface area (Å²) < 4.78 is 0. The van der Waals surface area contributed by atoms with Crippen molar-refractivity contribution < 1.29 is 0 Å². The molecule has 1 aliphatic heterocycles. The number of allylic oxidation sites excluding steroid dienone is 2. The Hall–Kier alpha value is 0.774. The van der Waals surface area contributed by atoms with Gasteiger partial charge in [0.25, 0.3) is 0 Å². The summed E-state index contributed by atoms with van der Waals surface area (Å²) in [5.74, 6) is 0.815. The van der Waals surface area contributed by atoms with E-state index in [0.717, 1.165) is 11.1 Å². The van der Waals surface area contributed by atoms with Gasteiger partial charge < -0.3 is 0 Å². The molecule has 0 aromatic rings. The molecule has 4 heteroatoms. The zero-order valence-electron chi connectivity index (χ0n) is 15.9. The van der Waals surface area contributed by atoms with Gasteiger partial charge in [-0.05, 0) is 55.8 Å². The summed E-state index contributed by atoms with van der Waals surface area (Å²) in [5, 5.41) is 2.93. The molecule has 0 nitrogen and oxygen atoms in total. The minimum atomic E-state index is -1.18.